The van der Waals surface area contributed by atoms with Crippen LogP contribution in [-0.2, 0) is 19.2 Å². The van der Waals surface area contributed by atoms with Crippen molar-refractivity contribution in [2.45, 2.75) is 12.2 Å². The van der Waals surface area contributed by atoms with Crippen LogP contribution in [0.2, 0.25) is 0 Å². The summed E-state index contributed by atoms with van der Waals surface area (Å²) in [5.74, 6) is 3.04. The minimum Gasteiger partial charge on any atom is -0.368 e. The summed E-state index contributed by atoms with van der Waals surface area (Å²) in [5, 5.41) is 7.31. The van der Waals surface area contributed by atoms with E-state index >= 15 is 0 Å². The van der Waals surface area contributed by atoms with E-state index in [1.807, 2.05) is 54.5 Å². The van der Waals surface area contributed by atoms with Crippen LogP contribution in [0.5, 0.6) is 0 Å². The Kier molecular flexibility index (Phi) is 5.27. The number of benzene rings is 1. The van der Waals surface area contributed by atoms with Crippen LogP contribution in [0.25, 0.3) is 0 Å². The van der Waals surface area contributed by atoms with Gasteiger partial charge in [-0.25, -0.2) is 0 Å². The largest absolute Gasteiger partial charge is 0.368 e. The van der Waals surface area contributed by atoms with Gasteiger partial charge in [-0.15, -0.1) is 0 Å². The maximum atomic E-state index is 5.79. The first kappa shape index (κ1) is 16.3. The lowest BCUT2D eigenvalue weighted by Crippen LogP contribution is -2.06. The first-order valence-corrected chi connectivity index (χ1v) is 8.72. The van der Waals surface area contributed by atoms with Crippen molar-refractivity contribution in [3.05, 3.63) is 54.1 Å². The molecule has 0 aliphatic heterocycles. The molecule has 8 heteroatoms. The summed E-state index contributed by atoms with van der Waals surface area (Å²) in [6, 6.07) is 9.74. The Morgan fingerprint density at radius 2 is 2.00 bits per heavy atom. The van der Waals surface area contributed by atoms with Gasteiger partial charge in [0.15, 0.2) is 0 Å². The number of rotatable bonds is 7. The molecule has 0 radical (unpaired) electrons. The lowest BCUT2D eigenvalue weighted by molar-refractivity contribution is 0.767. The molecule has 0 aliphatic carbocycles. The van der Waals surface area contributed by atoms with Gasteiger partial charge in [-0.1, -0.05) is 18.2 Å². The zero-order valence-corrected chi connectivity index (χ0v) is 14.2. The molecule has 0 saturated carbocycles. The number of nitrogens with zero attached hydrogens (tertiary/aromatic N) is 5. The van der Waals surface area contributed by atoms with E-state index in [1.165, 1.54) is 5.56 Å². The van der Waals surface area contributed by atoms with Crippen molar-refractivity contribution in [3.63, 3.8) is 0 Å². The number of aromatic nitrogens is 5. The summed E-state index contributed by atoms with van der Waals surface area (Å²) in [6.45, 7) is 0. The van der Waals surface area contributed by atoms with E-state index in [2.05, 4.69) is 25.4 Å². The third-order valence-electron chi connectivity index (χ3n) is 3.25. The number of thioether (sulfide) groups is 1. The summed E-state index contributed by atoms with van der Waals surface area (Å²) in [4.78, 5) is 12.8. The number of para-hydroxylation sites is 1. The molecular weight excluding hydrogens is 322 g/mol. The average molecular weight is 341 g/mol. The van der Waals surface area contributed by atoms with Crippen molar-refractivity contribution in [2.24, 2.45) is 7.05 Å². The first-order chi connectivity index (χ1) is 11.7. The van der Waals surface area contributed by atoms with Gasteiger partial charge in [0.2, 0.25) is 11.9 Å². The number of hydrogen-bond donors (Lipinski definition) is 2. The SMILES string of the molecule is Cn1cc(CCSCc2nc(N)nc(Nc3ccccc3)n2)cn1. The highest BCUT2D eigenvalue weighted by Gasteiger charge is 2.05. The molecule has 0 unspecified atom stereocenters. The molecule has 3 N–H and O–H groups in total. The Balaban J connectivity index is 1.55. The van der Waals surface area contributed by atoms with Gasteiger partial charge >= 0.3 is 0 Å². The van der Waals surface area contributed by atoms with E-state index in [0.717, 1.165) is 17.9 Å². The normalized spacial score (nSPS) is 10.7. The lowest BCUT2D eigenvalue weighted by Gasteiger charge is -2.07. The van der Waals surface area contributed by atoms with Crippen LogP contribution in [0.15, 0.2) is 42.7 Å². The van der Waals surface area contributed by atoms with E-state index < -0.39 is 0 Å². The molecule has 3 rings (SSSR count). The Hall–Kier alpha value is -2.61. The van der Waals surface area contributed by atoms with Crippen LogP contribution in [0, 0.1) is 0 Å². The van der Waals surface area contributed by atoms with Crippen LogP contribution in [-0.4, -0.2) is 30.5 Å². The van der Waals surface area contributed by atoms with E-state index in [9.17, 15) is 0 Å². The number of anilines is 3. The molecule has 0 saturated heterocycles. The topological polar surface area (TPSA) is 94.5 Å². The van der Waals surface area contributed by atoms with E-state index in [0.29, 0.717) is 17.5 Å². The van der Waals surface area contributed by atoms with Crippen LogP contribution in [0.3, 0.4) is 0 Å². The third kappa shape index (κ3) is 4.69. The molecule has 2 heterocycles. The molecule has 0 spiro atoms. The first-order valence-electron chi connectivity index (χ1n) is 7.57. The Labute approximate surface area is 144 Å². The molecule has 0 aliphatic rings. The molecule has 24 heavy (non-hydrogen) atoms. The second-order valence-electron chi connectivity index (χ2n) is 5.25. The van der Waals surface area contributed by atoms with Crippen molar-refractivity contribution in [1.82, 2.24) is 24.7 Å². The number of aryl methyl sites for hydroxylation is 2. The van der Waals surface area contributed by atoms with Gasteiger partial charge in [0.05, 0.1) is 11.9 Å². The van der Waals surface area contributed by atoms with Crippen molar-refractivity contribution < 1.29 is 0 Å². The summed E-state index contributed by atoms with van der Waals surface area (Å²) in [5.41, 5.74) is 7.93. The van der Waals surface area contributed by atoms with E-state index in [4.69, 9.17) is 5.73 Å². The summed E-state index contributed by atoms with van der Waals surface area (Å²) in [7, 11) is 1.92. The molecule has 124 valence electrons. The average Bonchev–Trinajstić information content (AvgIpc) is 2.97. The summed E-state index contributed by atoms with van der Waals surface area (Å²) in [6.07, 6.45) is 4.89. The van der Waals surface area contributed by atoms with Gasteiger partial charge in [0.1, 0.15) is 5.82 Å². The monoisotopic (exact) mass is 341 g/mol. The highest BCUT2D eigenvalue weighted by Crippen LogP contribution is 2.16. The standard InChI is InChI=1S/C16H19N7S/c1-23-10-12(9-18-23)7-8-24-11-14-20-15(17)22-16(21-14)19-13-5-3-2-4-6-13/h2-6,9-10H,7-8,11H2,1H3,(H3,17,19,20,21,22). The van der Waals surface area contributed by atoms with Crippen molar-refractivity contribution in [1.29, 1.82) is 0 Å². The molecule has 3 aromatic rings. The third-order valence-corrected chi connectivity index (χ3v) is 4.21. The van der Waals surface area contributed by atoms with Crippen LogP contribution < -0.4 is 11.1 Å². The molecule has 1 aromatic carbocycles. The molecular formula is C16H19N7S. The molecule has 7 nitrogen and oxygen atoms in total. The Bertz CT molecular complexity index is 788. The molecule has 0 amide bonds. The highest BCUT2D eigenvalue weighted by atomic mass is 32.2. The van der Waals surface area contributed by atoms with Crippen LogP contribution in [0.4, 0.5) is 17.6 Å². The fourth-order valence-electron chi connectivity index (χ4n) is 2.16. The second-order valence-corrected chi connectivity index (χ2v) is 6.35. The van der Waals surface area contributed by atoms with Gasteiger partial charge < -0.3 is 11.1 Å². The minimum absolute atomic E-state index is 0.228. The number of nitrogens with two attached hydrogens (primary N) is 1. The van der Waals surface area contributed by atoms with Gasteiger partial charge in [-0.3, -0.25) is 4.68 Å². The zero-order chi connectivity index (χ0) is 16.8. The Morgan fingerprint density at radius 1 is 1.17 bits per heavy atom. The number of hydrogen-bond acceptors (Lipinski definition) is 7. The number of nitrogens with one attached hydrogen (secondary N) is 1. The van der Waals surface area contributed by atoms with Gasteiger partial charge in [-0.05, 0) is 29.9 Å². The minimum atomic E-state index is 0.228. The van der Waals surface area contributed by atoms with Gasteiger partial charge in [0.25, 0.3) is 0 Å². The Morgan fingerprint density at radius 3 is 2.75 bits per heavy atom. The fraction of sp³-hybridized carbons (Fsp3) is 0.250. The predicted molar refractivity (Wildman–Crippen MR) is 97.0 cm³/mol. The highest BCUT2D eigenvalue weighted by molar-refractivity contribution is 7.98. The van der Waals surface area contributed by atoms with Crippen molar-refractivity contribution in [3.8, 4) is 0 Å². The van der Waals surface area contributed by atoms with Crippen LogP contribution >= 0.6 is 11.8 Å². The van der Waals surface area contributed by atoms with Crippen LogP contribution in [0.1, 0.15) is 11.4 Å². The van der Waals surface area contributed by atoms with Gasteiger partial charge in [0, 0.05) is 18.9 Å². The second kappa shape index (κ2) is 7.78. The fourth-order valence-corrected chi connectivity index (χ4v) is 3.00. The summed E-state index contributed by atoms with van der Waals surface area (Å²) >= 11 is 1.76. The lowest BCUT2D eigenvalue weighted by atomic mass is 10.3. The maximum absolute atomic E-state index is 5.79. The maximum Gasteiger partial charge on any atom is 0.232 e. The van der Waals surface area contributed by atoms with Crippen molar-refractivity contribution in [2.75, 3.05) is 16.8 Å². The smallest absolute Gasteiger partial charge is 0.232 e. The molecule has 0 atom stereocenters. The van der Waals surface area contributed by atoms with Crippen molar-refractivity contribution >= 4 is 29.3 Å². The summed E-state index contributed by atoms with van der Waals surface area (Å²) < 4.78 is 1.81. The quantitative estimate of drug-likeness (QED) is 0.637. The molecule has 2 aromatic heterocycles. The number of nitrogen functional groups attached to an aromatic ring is 1. The van der Waals surface area contributed by atoms with Gasteiger partial charge in [-0.2, -0.15) is 31.8 Å². The molecule has 0 fully saturated rings. The van der Waals surface area contributed by atoms with E-state index in [-0.39, 0.29) is 5.95 Å². The predicted octanol–water partition coefficient (Wildman–Crippen LogP) is 2.41. The zero-order valence-electron chi connectivity index (χ0n) is 13.4. The van der Waals surface area contributed by atoms with E-state index in [1.54, 1.807) is 11.8 Å². The molecule has 0 bridgehead atoms.